The largest absolute Gasteiger partial charge is 0.435 e. The van der Waals surface area contributed by atoms with E-state index in [1.54, 1.807) is 13.0 Å². The number of ether oxygens (including phenoxy) is 1. The first kappa shape index (κ1) is 20.1. The predicted octanol–water partition coefficient (Wildman–Crippen LogP) is 3.29. The van der Waals surface area contributed by atoms with Gasteiger partial charge in [-0.05, 0) is 47.7 Å². The summed E-state index contributed by atoms with van der Waals surface area (Å²) in [4.78, 5) is 21.2. The Morgan fingerprint density at radius 1 is 1.39 bits per heavy atom. The van der Waals surface area contributed by atoms with Gasteiger partial charge in [0.05, 0.1) is 12.2 Å². The van der Waals surface area contributed by atoms with Crippen LogP contribution in [-0.4, -0.2) is 32.3 Å². The number of nitrogens with one attached hydrogen (secondary N) is 1. The lowest BCUT2D eigenvalue weighted by Gasteiger charge is -2.14. The van der Waals surface area contributed by atoms with Gasteiger partial charge in [0.25, 0.3) is 5.91 Å². The fraction of sp³-hybridized carbons (Fsp3) is 0.188. The number of alkyl halides is 2. The monoisotopic (exact) mass is 516 g/mol. The molecule has 1 amide bonds. The lowest BCUT2D eigenvalue weighted by molar-refractivity contribution is -0.0499. The van der Waals surface area contributed by atoms with Crippen LogP contribution in [-0.2, 0) is 0 Å². The van der Waals surface area contributed by atoms with Crippen LogP contribution in [0.5, 0.6) is 5.75 Å². The normalized spacial score (nSPS) is 11.9. The molecule has 0 aliphatic rings. The maximum atomic E-state index is 12.6. The summed E-state index contributed by atoms with van der Waals surface area (Å²) in [6.07, 6.45) is 2.73. The van der Waals surface area contributed by atoms with Gasteiger partial charge in [0.15, 0.2) is 5.82 Å². The molecule has 0 fully saturated rings. The molecule has 28 heavy (non-hydrogen) atoms. The van der Waals surface area contributed by atoms with E-state index in [9.17, 15) is 13.6 Å². The standard InChI is InChI=1S/C16H11F2IN6O2S/c1-8(13-22-7-23-25(13)16-21-6-12(5-20)28-16)24-14(26)9-2-10(19)4-11(3-9)27-15(17)18/h2-4,6-8,15H,1H3,(H,24,26)/t8-/m0/s1. The molecule has 0 radical (unpaired) electrons. The van der Waals surface area contributed by atoms with E-state index in [1.165, 1.54) is 29.3 Å². The minimum Gasteiger partial charge on any atom is -0.435 e. The van der Waals surface area contributed by atoms with E-state index < -0.39 is 18.6 Å². The Bertz CT molecular complexity index is 1050. The van der Waals surface area contributed by atoms with E-state index in [0.717, 1.165) is 11.3 Å². The Morgan fingerprint density at radius 3 is 2.86 bits per heavy atom. The van der Waals surface area contributed by atoms with Crippen LogP contribution >= 0.6 is 33.9 Å². The van der Waals surface area contributed by atoms with Gasteiger partial charge in [-0.25, -0.2) is 9.97 Å². The Labute approximate surface area is 175 Å². The molecular weight excluding hydrogens is 505 g/mol. The number of nitrogens with zero attached hydrogens (tertiary/aromatic N) is 5. The number of amides is 1. The van der Waals surface area contributed by atoms with Crippen molar-refractivity contribution in [3.63, 3.8) is 0 Å². The van der Waals surface area contributed by atoms with Crippen molar-refractivity contribution in [1.82, 2.24) is 25.1 Å². The lowest BCUT2D eigenvalue weighted by Crippen LogP contribution is -2.28. The van der Waals surface area contributed by atoms with Gasteiger partial charge >= 0.3 is 6.61 Å². The number of thiazole rings is 1. The SMILES string of the molecule is C[C@H](NC(=O)c1cc(I)cc(OC(F)F)c1)c1ncnn1-c1ncc(C#N)s1. The molecule has 8 nitrogen and oxygen atoms in total. The van der Waals surface area contributed by atoms with Crippen LogP contribution in [0.1, 0.15) is 34.0 Å². The molecule has 1 atom stereocenters. The Kier molecular flexibility index (Phi) is 6.15. The highest BCUT2D eigenvalue weighted by atomic mass is 127. The van der Waals surface area contributed by atoms with Crippen molar-refractivity contribution in [3.8, 4) is 17.0 Å². The molecule has 0 spiro atoms. The number of rotatable bonds is 6. The van der Waals surface area contributed by atoms with E-state index in [2.05, 4.69) is 25.1 Å². The fourth-order valence-corrected chi connectivity index (χ4v) is 3.64. The van der Waals surface area contributed by atoms with Crippen molar-refractivity contribution in [2.75, 3.05) is 0 Å². The molecule has 3 aromatic rings. The van der Waals surface area contributed by atoms with Crippen molar-refractivity contribution in [2.45, 2.75) is 19.6 Å². The predicted molar refractivity (Wildman–Crippen MR) is 103 cm³/mol. The summed E-state index contributed by atoms with van der Waals surface area (Å²) >= 11 is 3.04. The molecule has 2 aromatic heterocycles. The summed E-state index contributed by atoms with van der Waals surface area (Å²) in [6, 6.07) is 5.61. The van der Waals surface area contributed by atoms with Crippen LogP contribution in [0.15, 0.2) is 30.7 Å². The van der Waals surface area contributed by atoms with Gasteiger partial charge in [0.1, 0.15) is 23.0 Å². The summed E-state index contributed by atoms with van der Waals surface area (Å²) in [5.74, 6) is -0.187. The van der Waals surface area contributed by atoms with Gasteiger partial charge in [-0.3, -0.25) is 4.79 Å². The molecule has 1 N–H and O–H groups in total. The third-order valence-corrected chi connectivity index (χ3v) is 4.95. The molecule has 0 saturated heterocycles. The molecule has 0 bridgehead atoms. The van der Waals surface area contributed by atoms with Crippen LogP contribution in [0.3, 0.4) is 0 Å². The first-order valence-corrected chi connectivity index (χ1v) is 9.59. The Balaban J connectivity index is 1.80. The molecule has 0 saturated carbocycles. The highest BCUT2D eigenvalue weighted by molar-refractivity contribution is 14.1. The second kappa shape index (κ2) is 8.57. The average molecular weight is 516 g/mol. The van der Waals surface area contributed by atoms with Crippen molar-refractivity contribution in [2.24, 2.45) is 0 Å². The summed E-state index contributed by atoms with van der Waals surface area (Å²) in [7, 11) is 0. The number of halogens is 3. The summed E-state index contributed by atoms with van der Waals surface area (Å²) < 4.78 is 31.3. The topological polar surface area (TPSA) is 106 Å². The summed E-state index contributed by atoms with van der Waals surface area (Å²) in [5, 5.41) is 16.2. The second-order valence-corrected chi connectivity index (χ2v) is 7.65. The quantitative estimate of drug-likeness (QED) is 0.505. The fourth-order valence-electron chi connectivity index (χ4n) is 2.32. The van der Waals surface area contributed by atoms with Crippen LogP contribution in [0, 0.1) is 14.9 Å². The zero-order chi connectivity index (χ0) is 20.3. The second-order valence-electron chi connectivity index (χ2n) is 5.40. The molecule has 12 heteroatoms. The highest BCUT2D eigenvalue weighted by Crippen LogP contribution is 2.23. The van der Waals surface area contributed by atoms with Gasteiger partial charge < -0.3 is 10.1 Å². The lowest BCUT2D eigenvalue weighted by atomic mass is 10.2. The molecule has 144 valence electrons. The number of aromatic nitrogens is 4. The van der Waals surface area contributed by atoms with E-state index in [4.69, 9.17) is 5.26 Å². The van der Waals surface area contributed by atoms with Crippen LogP contribution < -0.4 is 10.1 Å². The molecule has 1 aromatic carbocycles. The van der Waals surface area contributed by atoms with Gasteiger partial charge in [-0.2, -0.15) is 23.8 Å². The van der Waals surface area contributed by atoms with E-state index in [1.807, 2.05) is 28.7 Å². The number of nitriles is 1. The summed E-state index contributed by atoms with van der Waals surface area (Å²) in [6.45, 7) is -1.29. The molecule has 0 aliphatic carbocycles. The Hall–Kier alpha value is -2.66. The number of benzene rings is 1. The van der Waals surface area contributed by atoms with Crippen molar-refractivity contribution < 1.29 is 18.3 Å². The smallest absolute Gasteiger partial charge is 0.387 e. The van der Waals surface area contributed by atoms with Crippen LogP contribution in [0.2, 0.25) is 0 Å². The molecule has 0 aliphatic heterocycles. The first-order chi connectivity index (χ1) is 13.4. The third-order valence-electron chi connectivity index (χ3n) is 3.45. The van der Waals surface area contributed by atoms with Crippen LogP contribution in [0.25, 0.3) is 5.13 Å². The molecule has 2 heterocycles. The Morgan fingerprint density at radius 2 is 2.18 bits per heavy atom. The third kappa shape index (κ3) is 4.60. The van der Waals surface area contributed by atoms with Gasteiger partial charge in [-0.1, -0.05) is 11.3 Å². The summed E-state index contributed by atoms with van der Waals surface area (Å²) in [5.41, 5.74) is 0.168. The zero-order valence-electron chi connectivity index (χ0n) is 14.1. The minimum absolute atomic E-state index is 0.102. The van der Waals surface area contributed by atoms with Crippen LogP contribution in [0.4, 0.5) is 8.78 Å². The van der Waals surface area contributed by atoms with Crippen molar-refractivity contribution in [3.05, 3.63) is 50.6 Å². The molecule has 0 unspecified atom stereocenters. The molecular formula is C16H11F2IN6O2S. The maximum Gasteiger partial charge on any atom is 0.387 e. The molecule has 3 rings (SSSR count). The van der Waals surface area contributed by atoms with Crippen molar-refractivity contribution in [1.29, 1.82) is 5.26 Å². The number of carbonyl (C=O) groups is 1. The first-order valence-electron chi connectivity index (χ1n) is 7.70. The van der Waals surface area contributed by atoms with Gasteiger partial charge in [-0.15, -0.1) is 0 Å². The zero-order valence-corrected chi connectivity index (χ0v) is 17.1. The highest BCUT2D eigenvalue weighted by Gasteiger charge is 2.20. The van der Waals surface area contributed by atoms with Gasteiger partial charge in [0.2, 0.25) is 5.13 Å². The number of hydrogen-bond acceptors (Lipinski definition) is 7. The van der Waals surface area contributed by atoms with E-state index >= 15 is 0 Å². The van der Waals surface area contributed by atoms with E-state index in [0.29, 0.717) is 19.4 Å². The van der Waals surface area contributed by atoms with E-state index in [-0.39, 0.29) is 11.3 Å². The number of carbonyl (C=O) groups excluding carboxylic acids is 1. The average Bonchev–Trinajstić information content (AvgIpc) is 3.29. The van der Waals surface area contributed by atoms with Gasteiger partial charge in [0, 0.05) is 9.13 Å². The van der Waals surface area contributed by atoms with Crippen molar-refractivity contribution >= 4 is 39.8 Å². The minimum atomic E-state index is -2.98. The maximum absolute atomic E-state index is 12.6. The number of hydrogen-bond donors (Lipinski definition) is 1.